The van der Waals surface area contributed by atoms with Crippen LogP contribution in [0, 0.1) is 0 Å². The van der Waals surface area contributed by atoms with Gasteiger partial charge in [0, 0.05) is 6.61 Å². The van der Waals surface area contributed by atoms with Crippen molar-refractivity contribution in [3.63, 3.8) is 0 Å². The fourth-order valence-corrected chi connectivity index (χ4v) is 2.86. The Hall–Kier alpha value is -0.603. The average molecular weight is 221 g/mol. The fraction of sp³-hybridized carbons (Fsp3) is 0.538. The van der Waals surface area contributed by atoms with Crippen LogP contribution in [0.4, 0.5) is 0 Å². The molecule has 0 saturated carbocycles. The first-order valence-electron chi connectivity index (χ1n) is 5.77. The predicted molar refractivity (Wildman–Crippen MR) is 67.3 cm³/mol. The molecular formula is C13H21OSi. The van der Waals surface area contributed by atoms with E-state index in [-0.39, 0.29) is 0 Å². The number of hydrogen-bond donors (Lipinski definition) is 0. The smallest absolute Gasteiger partial charge is 0.215 e. The molecule has 83 valence electrons. The van der Waals surface area contributed by atoms with Gasteiger partial charge in [-0.25, -0.2) is 0 Å². The van der Waals surface area contributed by atoms with Gasteiger partial charge in [-0.3, -0.25) is 0 Å². The lowest BCUT2D eigenvalue weighted by Gasteiger charge is -2.18. The summed E-state index contributed by atoms with van der Waals surface area (Å²) >= 11 is 0. The Kier molecular flexibility index (Phi) is 5.65. The highest BCUT2D eigenvalue weighted by atomic mass is 28.3. The zero-order valence-corrected chi connectivity index (χ0v) is 11.0. The quantitative estimate of drug-likeness (QED) is 0.525. The van der Waals surface area contributed by atoms with Crippen LogP contribution < -0.4 is 0 Å². The number of unbranched alkanes of at least 4 members (excludes halogenated alkanes) is 1. The summed E-state index contributed by atoms with van der Waals surface area (Å²) in [5, 5.41) is 0. The maximum atomic E-state index is 5.90. The molecule has 0 aromatic heterocycles. The van der Waals surface area contributed by atoms with Crippen LogP contribution in [-0.4, -0.2) is 15.6 Å². The largest absolute Gasteiger partial charge is 0.416 e. The first-order valence-corrected chi connectivity index (χ1v) is 7.75. The summed E-state index contributed by atoms with van der Waals surface area (Å²) in [5.74, 6) is 0. The zero-order valence-electron chi connectivity index (χ0n) is 9.99. The zero-order chi connectivity index (χ0) is 11.1. The average Bonchev–Trinajstić information content (AvgIpc) is 2.29. The SMILES string of the molecule is CCCCO[Si](C)C(C)c1ccccc1. The second-order valence-corrected chi connectivity index (χ2v) is 6.32. The summed E-state index contributed by atoms with van der Waals surface area (Å²) in [6.45, 7) is 7.66. The van der Waals surface area contributed by atoms with Crippen molar-refractivity contribution in [2.45, 2.75) is 38.8 Å². The van der Waals surface area contributed by atoms with E-state index in [2.05, 4.69) is 50.7 Å². The fourth-order valence-electron chi connectivity index (χ4n) is 1.48. The van der Waals surface area contributed by atoms with E-state index in [4.69, 9.17) is 4.43 Å². The molecule has 2 heteroatoms. The molecule has 0 aliphatic carbocycles. The third-order valence-electron chi connectivity index (χ3n) is 2.74. The lowest BCUT2D eigenvalue weighted by atomic mass is 10.2. The van der Waals surface area contributed by atoms with E-state index in [1.54, 1.807) is 0 Å². The van der Waals surface area contributed by atoms with E-state index in [1.165, 1.54) is 18.4 Å². The molecule has 1 atom stereocenters. The van der Waals surface area contributed by atoms with E-state index in [1.807, 2.05) is 0 Å². The highest BCUT2D eigenvalue weighted by molar-refractivity contribution is 6.52. The Morgan fingerprint density at radius 1 is 1.27 bits per heavy atom. The summed E-state index contributed by atoms with van der Waals surface area (Å²) in [6, 6.07) is 10.7. The second kappa shape index (κ2) is 6.80. The molecule has 0 N–H and O–H groups in total. The third kappa shape index (κ3) is 4.18. The Morgan fingerprint density at radius 3 is 2.53 bits per heavy atom. The molecule has 0 spiro atoms. The summed E-state index contributed by atoms with van der Waals surface area (Å²) in [7, 11) is -0.692. The number of rotatable bonds is 6. The molecule has 1 aromatic carbocycles. The van der Waals surface area contributed by atoms with E-state index in [9.17, 15) is 0 Å². The molecule has 1 nitrogen and oxygen atoms in total. The predicted octanol–water partition coefficient (Wildman–Crippen LogP) is 3.77. The molecule has 1 rings (SSSR count). The van der Waals surface area contributed by atoms with Crippen LogP contribution in [0.3, 0.4) is 0 Å². The summed E-state index contributed by atoms with van der Waals surface area (Å²) in [6.07, 6.45) is 2.40. The molecule has 0 bridgehead atoms. The van der Waals surface area contributed by atoms with Gasteiger partial charge in [-0.2, -0.15) is 0 Å². The molecule has 1 aromatic rings. The minimum atomic E-state index is -0.692. The minimum Gasteiger partial charge on any atom is -0.416 e. The van der Waals surface area contributed by atoms with Crippen molar-refractivity contribution < 1.29 is 4.43 Å². The van der Waals surface area contributed by atoms with Crippen LogP contribution in [0.15, 0.2) is 30.3 Å². The van der Waals surface area contributed by atoms with Crippen LogP contribution >= 0.6 is 0 Å². The first kappa shape index (κ1) is 12.5. The Balaban J connectivity index is 2.42. The van der Waals surface area contributed by atoms with Gasteiger partial charge in [0.15, 0.2) is 0 Å². The van der Waals surface area contributed by atoms with Gasteiger partial charge in [0.1, 0.15) is 0 Å². The normalized spacial score (nSPS) is 13.1. The topological polar surface area (TPSA) is 9.23 Å². The van der Waals surface area contributed by atoms with Gasteiger partial charge in [-0.15, -0.1) is 0 Å². The van der Waals surface area contributed by atoms with Crippen molar-refractivity contribution in [3.8, 4) is 0 Å². The van der Waals surface area contributed by atoms with E-state index in [0.717, 1.165) is 6.61 Å². The molecule has 0 amide bonds. The molecule has 15 heavy (non-hydrogen) atoms. The van der Waals surface area contributed by atoms with Crippen molar-refractivity contribution in [2.24, 2.45) is 0 Å². The molecular weight excluding hydrogens is 200 g/mol. The third-order valence-corrected chi connectivity index (χ3v) is 4.95. The van der Waals surface area contributed by atoms with Gasteiger partial charge in [0.2, 0.25) is 9.04 Å². The Bertz CT molecular complexity index is 260. The summed E-state index contributed by atoms with van der Waals surface area (Å²) in [4.78, 5) is 0. The maximum Gasteiger partial charge on any atom is 0.215 e. The van der Waals surface area contributed by atoms with Crippen molar-refractivity contribution in [2.75, 3.05) is 6.61 Å². The van der Waals surface area contributed by atoms with Crippen molar-refractivity contribution in [1.82, 2.24) is 0 Å². The monoisotopic (exact) mass is 221 g/mol. The molecule has 0 aliphatic rings. The van der Waals surface area contributed by atoms with Gasteiger partial charge < -0.3 is 4.43 Å². The highest BCUT2D eigenvalue weighted by Gasteiger charge is 2.17. The second-order valence-electron chi connectivity index (χ2n) is 3.95. The van der Waals surface area contributed by atoms with E-state index in [0.29, 0.717) is 5.54 Å². The van der Waals surface area contributed by atoms with E-state index >= 15 is 0 Å². The van der Waals surface area contributed by atoms with Crippen molar-refractivity contribution in [1.29, 1.82) is 0 Å². The highest BCUT2D eigenvalue weighted by Crippen LogP contribution is 2.18. The van der Waals surface area contributed by atoms with Crippen LogP contribution in [0.1, 0.15) is 37.8 Å². The van der Waals surface area contributed by atoms with Gasteiger partial charge in [0.05, 0.1) is 0 Å². The van der Waals surface area contributed by atoms with E-state index < -0.39 is 9.04 Å². The lowest BCUT2D eigenvalue weighted by molar-refractivity contribution is 0.308. The first-order chi connectivity index (χ1) is 7.25. The lowest BCUT2D eigenvalue weighted by Crippen LogP contribution is -2.22. The van der Waals surface area contributed by atoms with Crippen molar-refractivity contribution in [3.05, 3.63) is 35.9 Å². The molecule has 0 saturated heterocycles. The van der Waals surface area contributed by atoms with Gasteiger partial charge in [-0.1, -0.05) is 50.6 Å². The molecule has 1 unspecified atom stereocenters. The van der Waals surface area contributed by atoms with Gasteiger partial charge >= 0.3 is 0 Å². The van der Waals surface area contributed by atoms with Crippen LogP contribution in [0.5, 0.6) is 0 Å². The minimum absolute atomic E-state index is 0.577. The van der Waals surface area contributed by atoms with Crippen LogP contribution in [0.2, 0.25) is 6.55 Å². The number of hydrogen-bond acceptors (Lipinski definition) is 1. The Morgan fingerprint density at radius 2 is 1.93 bits per heavy atom. The number of benzene rings is 1. The molecule has 0 fully saturated rings. The standard InChI is InChI=1S/C13H21OSi/c1-4-5-11-14-15(3)12(2)13-9-7-6-8-10-13/h6-10,12H,4-5,11H2,1-3H3. The molecule has 0 heterocycles. The summed E-state index contributed by atoms with van der Waals surface area (Å²) < 4.78 is 5.90. The van der Waals surface area contributed by atoms with Crippen LogP contribution in [0.25, 0.3) is 0 Å². The molecule has 1 radical (unpaired) electrons. The van der Waals surface area contributed by atoms with Crippen molar-refractivity contribution >= 4 is 9.04 Å². The molecule has 0 aliphatic heterocycles. The summed E-state index contributed by atoms with van der Waals surface area (Å²) in [5.41, 5.74) is 1.98. The van der Waals surface area contributed by atoms with Crippen LogP contribution in [-0.2, 0) is 4.43 Å². The van der Waals surface area contributed by atoms with Gasteiger partial charge in [-0.05, 0) is 24.1 Å². The van der Waals surface area contributed by atoms with Gasteiger partial charge in [0.25, 0.3) is 0 Å². The Labute approximate surface area is 95.2 Å². The maximum absolute atomic E-state index is 5.90.